The van der Waals surface area contributed by atoms with Crippen molar-refractivity contribution in [2.24, 2.45) is 5.92 Å². The molecule has 0 N–H and O–H groups in total. The maximum absolute atomic E-state index is 13.2. The first-order chi connectivity index (χ1) is 11.9. The molecule has 0 aromatic heterocycles. The van der Waals surface area contributed by atoms with Gasteiger partial charge in [0, 0.05) is 31.4 Å². The predicted molar refractivity (Wildman–Crippen MR) is 88.9 cm³/mol. The zero-order valence-electron chi connectivity index (χ0n) is 14.4. The van der Waals surface area contributed by atoms with Crippen molar-refractivity contribution in [1.82, 2.24) is 10.0 Å². The highest BCUT2D eigenvalue weighted by atomic mass is 16.5. The van der Waals surface area contributed by atoms with Crippen LogP contribution >= 0.6 is 0 Å². The Morgan fingerprint density at radius 3 is 2.48 bits per heavy atom. The lowest BCUT2D eigenvalue weighted by Gasteiger charge is -2.37. The second-order valence-corrected chi connectivity index (χ2v) is 5.84. The number of ketones is 2. The van der Waals surface area contributed by atoms with Crippen LogP contribution in [0.3, 0.4) is 0 Å². The molecule has 1 unspecified atom stereocenters. The van der Waals surface area contributed by atoms with Crippen LogP contribution < -0.4 is 4.74 Å². The van der Waals surface area contributed by atoms with E-state index in [4.69, 9.17) is 9.47 Å². The third-order valence-electron chi connectivity index (χ3n) is 4.28. The number of fused-ring (bicyclic) bond motifs is 1. The van der Waals surface area contributed by atoms with Gasteiger partial charge in [-0.25, -0.2) is 5.01 Å². The first-order valence-electron chi connectivity index (χ1n) is 7.65. The van der Waals surface area contributed by atoms with Gasteiger partial charge in [-0.15, -0.1) is 0 Å². The van der Waals surface area contributed by atoms with Gasteiger partial charge in [0.1, 0.15) is 17.4 Å². The fourth-order valence-corrected chi connectivity index (χ4v) is 3.13. The topological polar surface area (TPSA) is 76.2 Å². The zero-order chi connectivity index (χ0) is 18.3. The molecule has 0 bridgehead atoms. The van der Waals surface area contributed by atoms with Crippen molar-refractivity contribution in [1.29, 1.82) is 0 Å². The normalized spacial score (nSPS) is 19.1. The number of nitrogens with zero attached hydrogens (tertiary/aromatic N) is 2. The number of carbonyl (C=O) groups excluding carboxylic acids is 3. The molecule has 25 heavy (non-hydrogen) atoms. The van der Waals surface area contributed by atoms with Gasteiger partial charge in [-0.3, -0.25) is 19.4 Å². The van der Waals surface area contributed by atoms with Crippen LogP contribution in [0, 0.1) is 5.92 Å². The molecule has 0 radical (unpaired) electrons. The van der Waals surface area contributed by atoms with E-state index in [0.717, 1.165) is 0 Å². The van der Waals surface area contributed by atoms with E-state index >= 15 is 0 Å². The third-order valence-corrected chi connectivity index (χ3v) is 4.28. The summed E-state index contributed by atoms with van der Waals surface area (Å²) in [6.45, 7) is 0. The molecular formula is C18H18N2O5. The number of benzene rings is 1. The summed E-state index contributed by atoms with van der Waals surface area (Å²) in [4.78, 5) is 38.5. The number of hydrogen-bond acceptors (Lipinski definition) is 7. The van der Waals surface area contributed by atoms with Gasteiger partial charge >= 0.3 is 5.97 Å². The zero-order valence-corrected chi connectivity index (χ0v) is 14.4. The van der Waals surface area contributed by atoms with Crippen LogP contribution in [0.2, 0.25) is 0 Å². The van der Waals surface area contributed by atoms with Crippen molar-refractivity contribution < 1.29 is 23.9 Å². The Bertz CT molecular complexity index is 838. The van der Waals surface area contributed by atoms with Crippen molar-refractivity contribution in [2.45, 2.75) is 0 Å². The van der Waals surface area contributed by atoms with Gasteiger partial charge in [0.15, 0.2) is 5.78 Å². The van der Waals surface area contributed by atoms with Crippen molar-refractivity contribution in [2.75, 3.05) is 28.3 Å². The van der Waals surface area contributed by atoms with Gasteiger partial charge in [-0.05, 0) is 18.2 Å². The Morgan fingerprint density at radius 2 is 1.88 bits per heavy atom. The Balaban J connectivity index is 2.27. The van der Waals surface area contributed by atoms with E-state index in [2.05, 4.69) is 0 Å². The molecule has 1 heterocycles. The first-order valence-corrected chi connectivity index (χ1v) is 7.65. The summed E-state index contributed by atoms with van der Waals surface area (Å²) in [6, 6.07) is 4.86. The summed E-state index contributed by atoms with van der Waals surface area (Å²) in [6.07, 6.45) is 3.15. The van der Waals surface area contributed by atoms with Crippen LogP contribution in [0.15, 0.2) is 41.7 Å². The van der Waals surface area contributed by atoms with Crippen LogP contribution in [0.25, 0.3) is 0 Å². The molecule has 0 saturated heterocycles. The quantitative estimate of drug-likeness (QED) is 0.769. The highest BCUT2D eigenvalue weighted by molar-refractivity contribution is 6.29. The minimum Gasteiger partial charge on any atom is -0.496 e. The van der Waals surface area contributed by atoms with E-state index in [-0.39, 0.29) is 28.2 Å². The van der Waals surface area contributed by atoms with E-state index in [0.29, 0.717) is 5.75 Å². The third kappa shape index (κ3) is 2.44. The Labute approximate surface area is 145 Å². The van der Waals surface area contributed by atoms with Crippen molar-refractivity contribution >= 4 is 17.5 Å². The summed E-state index contributed by atoms with van der Waals surface area (Å²) >= 11 is 0. The van der Waals surface area contributed by atoms with Crippen LogP contribution in [0.1, 0.15) is 20.7 Å². The smallest absolute Gasteiger partial charge is 0.317 e. The molecule has 1 aromatic carbocycles. The Hall–Kier alpha value is -2.93. The maximum Gasteiger partial charge on any atom is 0.317 e. The second-order valence-electron chi connectivity index (χ2n) is 5.84. The molecule has 0 spiro atoms. The van der Waals surface area contributed by atoms with E-state index in [1.165, 1.54) is 14.2 Å². The number of methoxy groups -OCH3 is 2. The predicted octanol–water partition coefficient (Wildman–Crippen LogP) is 1.42. The lowest BCUT2D eigenvalue weighted by molar-refractivity contribution is -0.142. The minimum absolute atomic E-state index is 0.102. The average molecular weight is 342 g/mol. The summed E-state index contributed by atoms with van der Waals surface area (Å²) < 4.78 is 10.1. The van der Waals surface area contributed by atoms with E-state index in [9.17, 15) is 14.4 Å². The molecule has 130 valence electrons. The van der Waals surface area contributed by atoms with Crippen LogP contribution in [0.5, 0.6) is 5.75 Å². The van der Waals surface area contributed by atoms with Gasteiger partial charge in [-0.2, -0.15) is 0 Å². The lowest BCUT2D eigenvalue weighted by atomic mass is 9.79. The highest BCUT2D eigenvalue weighted by Crippen LogP contribution is 2.39. The lowest BCUT2D eigenvalue weighted by Crippen LogP contribution is -2.43. The molecule has 3 rings (SSSR count). The second kappa shape index (κ2) is 6.18. The molecule has 1 aliphatic carbocycles. The molecule has 7 nitrogen and oxygen atoms in total. The van der Waals surface area contributed by atoms with E-state index < -0.39 is 17.7 Å². The molecule has 1 aromatic rings. The largest absolute Gasteiger partial charge is 0.496 e. The molecule has 0 fully saturated rings. The SMILES string of the molecule is COC(=O)C1C=CN(N(C)C)C2=C1C(=O)c1c(OC)cccc1C2=O. The number of allylic oxidation sites excluding steroid dienone is 1. The minimum atomic E-state index is -0.939. The van der Waals surface area contributed by atoms with E-state index in [1.807, 2.05) is 0 Å². The molecular weight excluding hydrogens is 324 g/mol. The van der Waals surface area contributed by atoms with Gasteiger partial charge in [0.2, 0.25) is 5.78 Å². The molecule has 1 atom stereocenters. The number of carbonyl (C=O) groups is 3. The fourth-order valence-electron chi connectivity index (χ4n) is 3.13. The molecule has 7 heteroatoms. The number of rotatable bonds is 3. The fraction of sp³-hybridized carbons (Fsp3) is 0.278. The van der Waals surface area contributed by atoms with Crippen LogP contribution in [0.4, 0.5) is 0 Å². The van der Waals surface area contributed by atoms with Gasteiger partial charge in [0.05, 0.1) is 19.8 Å². The standard InChI is InChI=1S/C18H18N2O5/c1-19(2)20-9-8-11(18(23)25-4)14-15(20)16(21)10-6-5-7-12(24-3)13(10)17(14)22/h5-9,11H,1-4H3. The summed E-state index contributed by atoms with van der Waals surface area (Å²) in [5.74, 6) is -1.98. The molecule has 0 amide bonds. The number of ether oxygens (including phenoxy) is 2. The van der Waals surface area contributed by atoms with Crippen LogP contribution in [-0.2, 0) is 9.53 Å². The van der Waals surface area contributed by atoms with Crippen molar-refractivity contribution in [3.63, 3.8) is 0 Å². The molecule has 0 saturated carbocycles. The summed E-state index contributed by atoms with van der Waals surface area (Å²) in [7, 11) is 6.17. The maximum atomic E-state index is 13.2. The molecule has 2 aliphatic rings. The number of hydrogen-bond donors (Lipinski definition) is 0. The number of Topliss-reactive ketones (excluding diaryl/α,β-unsaturated/α-hetero) is 2. The van der Waals surface area contributed by atoms with Gasteiger partial charge in [0.25, 0.3) is 0 Å². The Kier molecular flexibility index (Phi) is 4.18. The summed E-state index contributed by atoms with van der Waals surface area (Å²) in [5, 5.41) is 3.22. The van der Waals surface area contributed by atoms with Gasteiger partial charge in [-0.1, -0.05) is 6.07 Å². The summed E-state index contributed by atoms with van der Waals surface area (Å²) in [5.41, 5.74) is 0.698. The van der Waals surface area contributed by atoms with Crippen molar-refractivity contribution in [3.8, 4) is 5.75 Å². The van der Waals surface area contributed by atoms with Crippen LogP contribution in [-0.4, -0.2) is 55.9 Å². The van der Waals surface area contributed by atoms with Gasteiger partial charge < -0.3 is 9.47 Å². The Morgan fingerprint density at radius 1 is 1.16 bits per heavy atom. The molecule has 1 aliphatic heterocycles. The highest BCUT2D eigenvalue weighted by Gasteiger charge is 2.44. The monoisotopic (exact) mass is 342 g/mol. The number of hydrazine groups is 1. The first kappa shape index (κ1) is 16.9. The average Bonchev–Trinajstić information content (AvgIpc) is 2.63. The number of esters is 1. The van der Waals surface area contributed by atoms with E-state index in [1.54, 1.807) is 54.6 Å². The van der Waals surface area contributed by atoms with Crippen molar-refractivity contribution in [3.05, 3.63) is 52.9 Å².